The number of hydrogen-bond acceptors (Lipinski definition) is 2. The molecule has 0 saturated heterocycles. The number of hydrogen-bond donors (Lipinski definition) is 0. The number of furan rings is 2. The Kier molecular flexibility index (Phi) is 7.97. The molecule has 50 heavy (non-hydrogen) atoms. The van der Waals surface area contributed by atoms with Gasteiger partial charge in [0.2, 0.25) is 6.71 Å². The van der Waals surface area contributed by atoms with Gasteiger partial charge in [-0.25, -0.2) is 0 Å². The van der Waals surface area contributed by atoms with E-state index in [1.165, 1.54) is 76.6 Å². The fourth-order valence-corrected chi connectivity index (χ4v) is 8.54. The lowest BCUT2D eigenvalue weighted by Crippen LogP contribution is -2.45. The Morgan fingerprint density at radius 1 is 0.780 bits per heavy atom. The molecule has 0 spiro atoms. The number of benzene rings is 5. The van der Waals surface area contributed by atoms with Crippen molar-refractivity contribution in [2.24, 2.45) is 0 Å². The maximum Gasteiger partial charge on any atom is 0.214 e. The van der Waals surface area contributed by atoms with Gasteiger partial charge in [-0.05, 0) is 133 Å². The van der Waals surface area contributed by atoms with Gasteiger partial charge in [-0.2, -0.15) is 0 Å². The van der Waals surface area contributed by atoms with Crippen molar-refractivity contribution in [3.05, 3.63) is 149 Å². The van der Waals surface area contributed by atoms with E-state index in [2.05, 4.69) is 126 Å². The summed E-state index contributed by atoms with van der Waals surface area (Å²) in [7, 11) is 0. The Morgan fingerprint density at radius 3 is 1.96 bits per heavy atom. The topological polar surface area (TPSA) is 26.3 Å². The van der Waals surface area contributed by atoms with E-state index < -0.39 is 0 Å². The SMILES string of the molecule is C#C/C=C(C)\C=C(\C)CB(c1c(C)cc(C)cc1C)c1cc(-c2ccco2)c2ccc3c(-c4ccco4)cc(C4=CC=CC4)c4ccc1c2c43. The molecule has 3 heteroatoms. The lowest BCUT2D eigenvalue weighted by Gasteiger charge is -2.25. The van der Waals surface area contributed by atoms with Crippen LogP contribution in [-0.2, 0) is 0 Å². The summed E-state index contributed by atoms with van der Waals surface area (Å²) in [6.45, 7) is 11.1. The Bertz CT molecular complexity index is 2560. The minimum atomic E-state index is 0.0921. The highest BCUT2D eigenvalue weighted by molar-refractivity contribution is 6.88. The second-order valence-corrected chi connectivity index (χ2v) is 14.0. The molecular formula is C47H39BO2. The fraction of sp³-hybridized carbons (Fsp3) is 0.149. The molecule has 1 aliphatic carbocycles. The van der Waals surface area contributed by atoms with Gasteiger partial charge >= 0.3 is 0 Å². The molecule has 2 heterocycles. The number of terminal acetylenes is 1. The standard InChI is InChI=1S/C47H39BO2/c1-7-12-29(2)23-31(4)28-48(47-32(5)24-30(3)25-33(47)6)42-27-41(44-16-11-22-50-44)37-18-17-36-40(43-15-10-21-49-43)26-39(34-13-8-9-14-34)35-19-20-38(42)46(37)45(35)36/h1,8-13,15-27H,14,28H2,2-6H3/b29-12-,31-23-. The number of allylic oxidation sites excluding steroid dienone is 8. The van der Waals surface area contributed by atoms with Crippen LogP contribution in [0.25, 0.3) is 60.5 Å². The molecule has 0 bridgehead atoms. The molecule has 0 amide bonds. The van der Waals surface area contributed by atoms with Crippen LogP contribution in [-0.4, -0.2) is 6.71 Å². The summed E-state index contributed by atoms with van der Waals surface area (Å²) >= 11 is 0. The van der Waals surface area contributed by atoms with Crippen LogP contribution in [0.4, 0.5) is 0 Å². The Labute approximate surface area is 294 Å². The molecule has 0 saturated carbocycles. The molecule has 0 atom stereocenters. The zero-order valence-electron chi connectivity index (χ0n) is 29.4. The Hall–Kier alpha value is -5.72. The van der Waals surface area contributed by atoms with Gasteiger partial charge in [0.25, 0.3) is 0 Å². The van der Waals surface area contributed by atoms with E-state index in [0.717, 1.165) is 41.0 Å². The quantitative estimate of drug-likeness (QED) is 0.0711. The normalized spacial score (nSPS) is 13.6. The van der Waals surface area contributed by atoms with Crippen LogP contribution < -0.4 is 10.9 Å². The van der Waals surface area contributed by atoms with Gasteiger partial charge in [-0.1, -0.05) is 106 Å². The van der Waals surface area contributed by atoms with E-state index in [-0.39, 0.29) is 6.71 Å². The molecule has 1 aliphatic rings. The van der Waals surface area contributed by atoms with Crippen LogP contribution in [0, 0.1) is 33.1 Å². The van der Waals surface area contributed by atoms with E-state index in [0.29, 0.717) is 0 Å². The maximum absolute atomic E-state index is 6.19. The van der Waals surface area contributed by atoms with Gasteiger partial charge < -0.3 is 8.83 Å². The van der Waals surface area contributed by atoms with E-state index in [9.17, 15) is 0 Å². The first-order valence-electron chi connectivity index (χ1n) is 17.4. The van der Waals surface area contributed by atoms with Crippen LogP contribution in [0.2, 0.25) is 6.32 Å². The average Bonchev–Trinajstić information content (AvgIpc) is 3.91. The maximum atomic E-state index is 6.19. The number of rotatable bonds is 8. The summed E-state index contributed by atoms with van der Waals surface area (Å²) < 4.78 is 12.3. The average molecular weight is 647 g/mol. The highest BCUT2D eigenvalue weighted by Crippen LogP contribution is 2.45. The molecule has 2 aromatic heterocycles. The summed E-state index contributed by atoms with van der Waals surface area (Å²) in [4.78, 5) is 0. The molecule has 2 nitrogen and oxygen atoms in total. The zero-order chi connectivity index (χ0) is 34.5. The summed E-state index contributed by atoms with van der Waals surface area (Å²) in [6.07, 6.45) is 21.7. The first-order chi connectivity index (χ1) is 24.3. The van der Waals surface area contributed by atoms with Gasteiger partial charge in [0, 0.05) is 11.1 Å². The zero-order valence-corrected chi connectivity index (χ0v) is 29.4. The van der Waals surface area contributed by atoms with Gasteiger partial charge in [-0.15, -0.1) is 6.42 Å². The monoisotopic (exact) mass is 646 g/mol. The van der Waals surface area contributed by atoms with E-state index in [1.807, 2.05) is 18.2 Å². The lowest BCUT2D eigenvalue weighted by atomic mass is 9.35. The predicted molar refractivity (Wildman–Crippen MR) is 214 cm³/mol. The molecular weight excluding hydrogens is 607 g/mol. The molecule has 0 fully saturated rings. The highest BCUT2D eigenvalue weighted by Gasteiger charge is 2.29. The van der Waals surface area contributed by atoms with Gasteiger partial charge in [0.1, 0.15) is 11.5 Å². The first kappa shape index (κ1) is 31.5. The lowest BCUT2D eigenvalue weighted by molar-refractivity contribution is 0.582. The molecule has 0 unspecified atom stereocenters. The fourth-order valence-electron chi connectivity index (χ4n) is 8.54. The second kappa shape index (κ2) is 12.6. The van der Waals surface area contributed by atoms with E-state index in [4.69, 9.17) is 15.3 Å². The summed E-state index contributed by atoms with van der Waals surface area (Å²) in [5.74, 6) is 4.44. The van der Waals surface area contributed by atoms with Crippen molar-refractivity contribution in [3.8, 4) is 35.0 Å². The number of aryl methyl sites for hydroxylation is 3. The Morgan fingerprint density at radius 2 is 1.38 bits per heavy atom. The van der Waals surface area contributed by atoms with Crippen molar-refractivity contribution in [3.63, 3.8) is 0 Å². The summed E-state index contributed by atoms with van der Waals surface area (Å²) in [5.41, 5.74) is 13.7. The minimum absolute atomic E-state index is 0.0921. The van der Waals surface area contributed by atoms with Gasteiger partial charge in [-0.3, -0.25) is 0 Å². The molecule has 0 N–H and O–H groups in total. The van der Waals surface area contributed by atoms with Crippen LogP contribution >= 0.6 is 0 Å². The van der Waals surface area contributed by atoms with Crippen molar-refractivity contribution < 1.29 is 8.83 Å². The largest absolute Gasteiger partial charge is 0.464 e. The molecule has 242 valence electrons. The Balaban J connectivity index is 1.51. The molecule has 0 aliphatic heterocycles. The first-order valence-corrected chi connectivity index (χ1v) is 17.4. The minimum Gasteiger partial charge on any atom is -0.464 e. The molecule has 0 radical (unpaired) electrons. The van der Waals surface area contributed by atoms with Gasteiger partial charge in [0.15, 0.2) is 0 Å². The summed E-state index contributed by atoms with van der Waals surface area (Å²) in [5, 5.41) is 7.44. The van der Waals surface area contributed by atoms with Crippen molar-refractivity contribution in [2.45, 2.75) is 47.4 Å². The summed E-state index contributed by atoms with van der Waals surface area (Å²) in [6, 6.07) is 26.8. The van der Waals surface area contributed by atoms with Crippen molar-refractivity contribution in [1.29, 1.82) is 0 Å². The molecule has 8 rings (SSSR count). The van der Waals surface area contributed by atoms with Crippen molar-refractivity contribution in [2.75, 3.05) is 0 Å². The molecule has 5 aromatic carbocycles. The van der Waals surface area contributed by atoms with Gasteiger partial charge in [0.05, 0.1) is 12.5 Å². The van der Waals surface area contributed by atoms with Crippen LogP contribution in [0.3, 0.4) is 0 Å². The van der Waals surface area contributed by atoms with Crippen LogP contribution in [0.5, 0.6) is 0 Å². The third-order valence-corrected chi connectivity index (χ3v) is 10.4. The highest BCUT2D eigenvalue weighted by atomic mass is 16.3. The smallest absolute Gasteiger partial charge is 0.214 e. The third kappa shape index (κ3) is 5.33. The third-order valence-electron chi connectivity index (χ3n) is 10.4. The second-order valence-electron chi connectivity index (χ2n) is 14.0. The van der Waals surface area contributed by atoms with Crippen molar-refractivity contribution >= 4 is 55.5 Å². The van der Waals surface area contributed by atoms with Crippen LogP contribution in [0.15, 0.2) is 136 Å². The predicted octanol–water partition coefficient (Wildman–Crippen LogP) is 11.5. The van der Waals surface area contributed by atoms with Crippen LogP contribution in [0.1, 0.15) is 42.5 Å². The van der Waals surface area contributed by atoms with E-state index >= 15 is 0 Å². The van der Waals surface area contributed by atoms with E-state index in [1.54, 1.807) is 12.5 Å². The molecule has 7 aromatic rings. The van der Waals surface area contributed by atoms with Crippen molar-refractivity contribution in [1.82, 2.24) is 0 Å².